The molecule has 0 spiro atoms. The molecule has 0 atom stereocenters. The molecule has 0 heterocycles. The maximum atomic E-state index is 10.5. The van der Waals surface area contributed by atoms with E-state index in [1.54, 1.807) is 0 Å². The average Bonchev–Trinajstić information content (AvgIpc) is 2.42. The Morgan fingerprint density at radius 1 is 0.900 bits per heavy atom. The van der Waals surface area contributed by atoms with E-state index in [0.29, 0.717) is 11.1 Å². The van der Waals surface area contributed by atoms with Crippen LogP contribution in [0.15, 0.2) is 36.4 Å². The van der Waals surface area contributed by atoms with Gasteiger partial charge in [0.05, 0.1) is 4.92 Å². The quantitative estimate of drug-likeness (QED) is 0.319. The van der Waals surface area contributed by atoms with Gasteiger partial charge in [-0.3, -0.25) is 10.1 Å². The Kier molecular flexibility index (Phi) is 3.44. The fourth-order valence-corrected chi connectivity index (χ4v) is 1.49. The van der Waals surface area contributed by atoms with Crippen LogP contribution in [-0.4, -0.2) is 20.2 Å². The maximum Gasteiger partial charge on any atom is 0.269 e. The van der Waals surface area contributed by atoms with Crippen molar-refractivity contribution >= 4 is 5.69 Å². The van der Waals surface area contributed by atoms with Crippen LogP contribution in [0.5, 0.6) is 17.2 Å². The van der Waals surface area contributed by atoms with Gasteiger partial charge in [-0.15, -0.1) is 0 Å². The third kappa shape index (κ3) is 2.79. The molecule has 0 bridgehead atoms. The van der Waals surface area contributed by atoms with Gasteiger partial charge in [-0.1, -0.05) is 11.8 Å². The first-order valence-electron chi connectivity index (χ1n) is 5.49. The molecule has 0 unspecified atom stereocenters. The van der Waals surface area contributed by atoms with Crippen molar-refractivity contribution in [1.29, 1.82) is 0 Å². The number of nitro benzene ring substituents is 1. The van der Waals surface area contributed by atoms with Gasteiger partial charge in [0, 0.05) is 23.3 Å². The molecule has 6 nitrogen and oxygen atoms in total. The third-order valence-electron chi connectivity index (χ3n) is 2.50. The SMILES string of the molecule is O=[N+]([O-])c1ccc(C#Cc2cc(O)c(O)c(O)c2)cc1. The normalized spacial score (nSPS) is 9.60. The van der Waals surface area contributed by atoms with Crippen LogP contribution in [0.1, 0.15) is 11.1 Å². The van der Waals surface area contributed by atoms with Gasteiger partial charge in [0.15, 0.2) is 17.2 Å². The summed E-state index contributed by atoms with van der Waals surface area (Å²) in [6, 6.07) is 8.04. The first-order valence-corrected chi connectivity index (χ1v) is 5.49. The smallest absolute Gasteiger partial charge is 0.269 e. The van der Waals surface area contributed by atoms with E-state index in [1.807, 2.05) is 0 Å². The van der Waals surface area contributed by atoms with E-state index in [2.05, 4.69) is 11.8 Å². The van der Waals surface area contributed by atoms with Gasteiger partial charge in [-0.2, -0.15) is 0 Å². The van der Waals surface area contributed by atoms with Crippen LogP contribution >= 0.6 is 0 Å². The minimum absolute atomic E-state index is 0.0320. The lowest BCUT2D eigenvalue weighted by atomic mass is 10.1. The van der Waals surface area contributed by atoms with Crippen LogP contribution in [0.25, 0.3) is 0 Å². The molecular weight excluding hydrogens is 262 g/mol. The molecule has 0 aliphatic carbocycles. The van der Waals surface area contributed by atoms with E-state index in [4.69, 9.17) is 0 Å². The second-order valence-corrected chi connectivity index (χ2v) is 3.92. The molecule has 2 aromatic rings. The fraction of sp³-hybridized carbons (Fsp3) is 0. The van der Waals surface area contributed by atoms with Gasteiger partial charge in [-0.25, -0.2) is 0 Å². The molecule has 100 valence electrons. The Bertz CT molecular complexity index is 702. The van der Waals surface area contributed by atoms with Gasteiger partial charge < -0.3 is 15.3 Å². The van der Waals surface area contributed by atoms with Crippen molar-refractivity contribution in [3.8, 4) is 29.1 Å². The first kappa shape index (κ1) is 13.2. The number of aromatic hydroxyl groups is 3. The largest absolute Gasteiger partial charge is 0.504 e. The predicted molar refractivity (Wildman–Crippen MR) is 70.5 cm³/mol. The minimum atomic E-state index is -0.606. The summed E-state index contributed by atoms with van der Waals surface area (Å²) < 4.78 is 0. The lowest BCUT2D eigenvalue weighted by molar-refractivity contribution is -0.384. The van der Waals surface area contributed by atoms with Crippen LogP contribution in [0.2, 0.25) is 0 Å². The van der Waals surface area contributed by atoms with Crippen molar-refractivity contribution in [3.63, 3.8) is 0 Å². The highest BCUT2D eigenvalue weighted by atomic mass is 16.6. The molecule has 6 heteroatoms. The topological polar surface area (TPSA) is 104 Å². The van der Waals surface area contributed by atoms with Gasteiger partial charge >= 0.3 is 0 Å². The van der Waals surface area contributed by atoms with Gasteiger partial charge in [0.1, 0.15) is 0 Å². The number of hydrogen-bond acceptors (Lipinski definition) is 5. The van der Waals surface area contributed by atoms with Gasteiger partial charge in [0.2, 0.25) is 0 Å². The Morgan fingerprint density at radius 3 is 1.90 bits per heavy atom. The Balaban J connectivity index is 2.29. The number of rotatable bonds is 1. The summed E-state index contributed by atoms with van der Waals surface area (Å²) in [5.74, 6) is 3.84. The number of non-ortho nitro benzene ring substituents is 1. The van der Waals surface area contributed by atoms with Crippen molar-refractivity contribution < 1.29 is 20.2 Å². The molecule has 3 N–H and O–H groups in total. The number of phenols is 3. The number of nitrogens with zero attached hydrogens (tertiary/aromatic N) is 1. The highest BCUT2D eigenvalue weighted by molar-refractivity contribution is 5.56. The molecule has 0 amide bonds. The van der Waals surface area contributed by atoms with E-state index in [9.17, 15) is 25.4 Å². The lowest BCUT2D eigenvalue weighted by Gasteiger charge is -2.00. The average molecular weight is 271 g/mol. The van der Waals surface area contributed by atoms with Crippen molar-refractivity contribution in [2.24, 2.45) is 0 Å². The van der Waals surface area contributed by atoms with Crippen LogP contribution in [0.3, 0.4) is 0 Å². The van der Waals surface area contributed by atoms with Crippen LogP contribution in [-0.2, 0) is 0 Å². The van der Waals surface area contributed by atoms with Gasteiger partial charge in [0.25, 0.3) is 5.69 Å². The molecule has 0 aliphatic heterocycles. The Labute approximate surface area is 113 Å². The van der Waals surface area contributed by atoms with Gasteiger partial charge in [-0.05, 0) is 24.3 Å². The molecule has 0 fully saturated rings. The third-order valence-corrected chi connectivity index (χ3v) is 2.50. The second kappa shape index (κ2) is 5.20. The van der Waals surface area contributed by atoms with Crippen molar-refractivity contribution in [1.82, 2.24) is 0 Å². The summed E-state index contributed by atoms with van der Waals surface area (Å²) in [5.41, 5.74) is 0.814. The molecule has 0 radical (unpaired) electrons. The Hall–Kier alpha value is -3.20. The lowest BCUT2D eigenvalue weighted by Crippen LogP contribution is -1.86. The molecule has 20 heavy (non-hydrogen) atoms. The van der Waals surface area contributed by atoms with E-state index < -0.39 is 22.2 Å². The monoisotopic (exact) mass is 271 g/mol. The van der Waals surface area contributed by atoms with Crippen LogP contribution < -0.4 is 0 Å². The zero-order chi connectivity index (χ0) is 14.7. The summed E-state index contributed by atoms with van der Waals surface area (Å²) in [4.78, 5) is 9.98. The predicted octanol–water partition coefficient (Wildman–Crippen LogP) is 2.11. The number of phenolic OH excluding ortho intramolecular Hbond substituents is 3. The summed E-state index contributed by atoms with van der Waals surface area (Å²) in [6.07, 6.45) is 0. The molecule has 2 rings (SSSR count). The maximum absolute atomic E-state index is 10.5. The molecule has 0 saturated heterocycles. The number of benzene rings is 2. The molecule has 0 saturated carbocycles. The summed E-state index contributed by atoms with van der Waals surface area (Å²) in [7, 11) is 0. The zero-order valence-electron chi connectivity index (χ0n) is 10.1. The van der Waals surface area contributed by atoms with Crippen molar-refractivity contribution in [2.45, 2.75) is 0 Å². The van der Waals surface area contributed by atoms with E-state index >= 15 is 0 Å². The highest BCUT2D eigenvalue weighted by Gasteiger charge is 2.06. The van der Waals surface area contributed by atoms with E-state index in [0.717, 1.165) is 0 Å². The van der Waals surface area contributed by atoms with Crippen LogP contribution in [0, 0.1) is 22.0 Å². The summed E-state index contributed by atoms with van der Waals surface area (Å²) in [5, 5.41) is 38.3. The molecule has 0 aliphatic rings. The van der Waals surface area contributed by atoms with E-state index in [-0.39, 0.29) is 5.69 Å². The Morgan fingerprint density at radius 2 is 1.40 bits per heavy atom. The highest BCUT2D eigenvalue weighted by Crippen LogP contribution is 2.34. The first-order chi connectivity index (χ1) is 9.47. The zero-order valence-corrected chi connectivity index (χ0v) is 10.1. The van der Waals surface area contributed by atoms with Crippen LogP contribution in [0.4, 0.5) is 5.69 Å². The molecule has 0 aromatic heterocycles. The fourth-order valence-electron chi connectivity index (χ4n) is 1.49. The number of hydrogen-bond donors (Lipinski definition) is 3. The van der Waals surface area contributed by atoms with Crippen molar-refractivity contribution in [2.75, 3.05) is 0 Å². The van der Waals surface area contributed by atoms with E-state index in [1.165, 1.54) is 36.4 Å². The second-order valence-electron chi connectivity index (χ2n) is 3.92. The molecular formula is C14H9NO5. The minimum Gasteiger partial charge on any atom is -0.504 e. The molecule has 2 aromatic carbocycles. The standard InChI is InChI=1S/C14H9NO5/c16-12-7-10(8-13(17)14(12)18)2-1-9-3-5-11(6-4-9)15(19)20/h3-8,16-18H. The summed E-state index contributed by atoms with van der Waals surface area (Å²) in [6.45, 7) is 0. The summed E-state index contributed by atoms with van der Waals surface area (Å²) >= 11 is 0. The number of nitro groups is 1. The van der Waals surface area contributed by atoms with Crippen molar-refractivity contribution in [3.05, 3.63) is 57.6 Å².